The molecule has 5 heteroatoms. The van der Waals surface area contributed by atoms with Gasteiger partial charge in [-0.1, -0.05) is 18.0 Å². The maximum atomic E-state index is 12.2. The van der Waals surface area contributed by atoms with Crippen LogP contribution in [0.2, 0.25) is 5.02 Å². The Hall–Kier alpha value is -0.770. The molecule has 1 aliphatic rings. The predicted octanol–water partition coefficient (Wildman–Crippen LogP) is 2.93. The number of hydrogen-bond donors (Lipinski definition) is 2. The summed E-state index contributed by atoms with van der Waals surface area (Å²) in [5.74, 6) is 0.361. The first kappa shape index (κ1) is 16.3. The Morgan fingerprint density at radius 1 is 1.42 bits per heavy atom. The third-order valence-electron chi connectivity index (χ3n) is 3.58. The molecule has 0 bridgehead atoms. The minimum atomic E-state index is -0.0500. The number of hydrogen-bond acceptors (Lipinski definition) is 2. The van der Waals surface area contributed by atoms with Gasteiger partial charge in [0.25, 0.3) is 5.91 Å². The molecule has 3 N–H and O–H groups in total. The van der Waals surface area contributed by atoms with E-state index in [1.807, 2.05) is 19.1 Å². The molecule has 2 rings (SSSR count). The van der Waals surface area contributed by atoms with Crippen LogP contribution >= 0.6 is 24.0 Å². The van der Waals surface area contributed by atoms with Crippen molar-refractivity contribution in [3.05, 3.63) is 34.3 Å². The van der Waals surface area contributed by atoms with E-state index in [1.54, 1.807) is 6.07 Å². The predicted molar refractivity (Wildman–Crippen MR) is 81.1 cm³/mol. The van der Waals surface area contributed by atoms with Gasteiger partial charge < -0.3 is 11.1 Å². The summed E-state index contributed by atoms with van der Waals surface area (Å²) in [6.07, 6.45) is 3.27. The van der Waals surface area contributed by atoms with E-state index < -0.39 is 0 Å². The zero-order chi connectivity index (χ0) is 13.1. The number of halogens is 2. The fraction of sp³-hybridized carbons (Fsp3) is 0.500. The Morgan fingerprint density at radius 3 is 2.79 bits per heavy atom. The summed E-state index contributed by atoms with van der Waals surface area (Å²) < 4.78 is 0. The van der Waals surface area contributed by atoms with Crippen LogP contribution in [0.15, 0.2) is 18.2 Å². The summed E-state index contributed by atoms with van der Waals surface area (Å²) in [6, 6.07) is 5.61. The Bertz CT molecular complexity index is 431. The maximum absolute atomic E-state index is 12.2. The highest BCUT2D eigenvalue weighted by Gasteiger charge is 2.27. The SMILES string of the molecule is Cc1cc(Cl)cc(C(=O)NC2CCCC2CN)c1.Cl. The highest BCUT2D eigenvalue weighted by atomic mass is 35.5. The molecule has 2 unspecified atom stereocenters. The summed E-state index contributed by atoms with van der Waals surface area (Å²) in [5.41, 5.74) is 7.34. The second-order valence-electron chi connectivity index (χ2n) is 5.02. The molecule has 0 aliphatic heterocycles. The average molecular weight is 303 g/mol. The van der Waals surface area contributed by atoms with Gasteiger partial charge in [-0.2, -0.15) is 0 Å². The van der Waals surface area contributed by atoms with Crippen LogP contribution in [0, 0.1) is 12.8 Å². The minimum Gasteiger partial charge on any atom is -0.349 e. The second-order valence-corrected chi connectivity index (χ2v) is 5.46. The van der Waals surface area contributed by atoms with Crippen LogP contribution in [0.3, 0.4) is 0 Å². The van der Waals surface area contributed by atoms with Crippen LogP contribution in [0.1, 0.15) is 35.2 Å². The van der Waals surface area contributed by atoms with Gasteiger partial charge in [0.1, 0.15) is 0 Å². The largest absolute Gasteiger partial charge is 0.349 e. The smallest absolute Gasteiger partial charge is 0.251 e. The molecule has 0 spiro atoms. The lowest BCUT2D eigenvalue weighted by Crippen LogP contribution is -2.39. The zero-order valence-corrected chi connectivity index (χ0v) is 12.6. The van der Waals surface area contributed by atoms with Crippen LogP contribution in [0.25, 0.3) is 0 Å². The number of aryl methyl sites for hydroxylation is 1. The van der Waals surface area contributed by atoms with Gasteiger partial charge in [-0.15, -0.1) is 12.4 Å². The average Bonchev–Trinajstić information content (AvgIpc) is 2.75. The summed E-state index contributed by atoms with van der Waals surface area (Å²) >= 11 is 5.97. The molecular weight excluding hydrogens is 283 g/mol. The number of nitrogens with one attached hydrogen (secondary N) is 1. The third kappa shape index (κ3) is 4.10. The van der Waals surface area contributed by atoms with E-state index in [1.165, 1.54) is 0 Å². The van der Waals surface area contributed by atoms with Crippen molar-refractivity contribution in [1.82, 2.24) is 5.32 Å². The van der Waals surface area contributed by atoms with Crippen molar-refractivity contribution in [2.24, 2.45) is 11.7 Å². The van der Waals surface area contributed by atoms with Crippen molar-refractivity contribution >= 4 is 29.9 Å². The van der Waals surface area contributed by atoms with E-state index >= 15 is 0 Å². The molecule has 1 fully saturated rings. The summed E-state index contributed by atoms with van der Waals surface area (Å²) in [5, 5.41) is 3.67. The fourth-order valence-corrected chi connectivity index (χ4v) is 2.92. The van der Waals surface area contributed by atoms with Gasteiger partial charge in [0.15, 0.2) is 0 Å². The molecule has 1 aromatic carbocycles. The van der Waals surface area contributed by atoms with Crippen molar-refractivity contribution in [3.8, 4) is 0 Å². The van der Waals surface area contributed by atoms with Crippen LogP contribution in [-0.2, 0) is 0 Å². The second kappa shape index (κ2) is 7.13. The van der Waals surface area contributed by atoms with E-state index in [0.29, 0.717) is 23.0 Å². The fourth-order valence-electron chi connectivity index (χ4n) is 2.63. The highest BCUT2D eigenvalue weighted by Crippen LogP contribution is 2.25. The molecule has 1 amide bonds. The van der Waals surface area contributed by atoms with Gasteiger partial charge in [0, 0.05) is 16.6 Å². The third-order valence-corrected chi connectivity index (χ3v) is 3.80. The van der Waals surface area contributed by atoms with Crippen LogP contribution in [0.5, 0.6) is 0 Å². The highest BCUT2D eigenvalue weighted by molar-refractivity contribution is 6.31. The molecule has 1 saturated carbocycles. The van der Waals surface area contributed by atoms with Crippen molar-refractivity contribution in [2.75, 3.05) is 6.54 Å². The van der Waals surface area contributed by atoms with Crippen molar-refractivity contribution < 1.29 is 4.79 Å². The molecule has 0 heterocycles. The van der Waals surface area contributed by atoms with Gasteiger partial charge in [-0.3, -0.25) is 4.79 Å². The van der Waals surface area contributed by atoms with E-state index in [2.05, 4.69) is 5.32 Å². The van der Waals surface area contributed by atoms with E-state index in [0.717, 1.165) is 24.8 Å². The number of carbonyl (C=O) groups excluding carboxylic acids is 1. The molecule has 106 valence electrons. The van der Waals surface area contributed by atoms with Crippen LogP contribution in [-0.4, -0.2) is 18.5 Å². The number of rotatable bonds is 3. The molecule has 2 atom stereocenters. The molecule has 0 saturated heterocycles. The van der Waals surface area contributed by atoms with Crippen LogP contribution < -0.4 is 11.1 Å². The topological polar surface area (TPSA) is 55.1 Å². The first-order valence-electron chi connectivity index (χ1n) is 6.38. The molecule has 3 nitrogen and oxygen atoms in total. The summed E-state index contributed by atoms with van der Waals surface area (Å²) in [6.45, 7) is 2.57. The zero-order valence-electron chi connectivity index (χ0n) is 11.0. The monoisotopic (exact) mass is 302 g/mol. The quantitative estimate of drug-likeness (QED) is 0.902. The lowest BCUT2D eigenvalue weighted by atomic mass is 10.0. The van der Waals surface area contributed by atoms with Gasteiger partial charge in [0.05, 0.1) is 0 Å². The van der Waals surface area contributed by atoms with E-state index in [9.17, 15) is 4.79 Å². The van der Waals surface area contributed by atoms with Crippen molar-refractivity contribution in [2.45, 2.75) is 32.2 Å². The van der Waals surface area contributed by atoms with Gasteiger partial charge in [-0.25, -0.2) is 0 Å². The summed E-state index contributed by atoms with van der Waals surface area (Å²) in [7, 11) is 0. The lowest BCUT2D eigenvalue weighted by Gasteiger charge is -2.19. The number of amides is 1. The Kier molecular flexibility index (Phi) is 6.11. The maximum Gasteiger partial charge on any atom is 0.251 e. The van der Waals surface area contributed by atoms with E-state index in [4.69, 9.17) is 17.3 Å². The molecular formula is C14H20Cl2N2O. The van der Waals surface area contributed by atoms with Crippen molar-refractivity contribution in [3.63, 3.8) is 0 Å². The van der Waals surface area contributed by atoms with Gasteiger partial charge >= 0.3 is 0 Å². The molecule has 1 aromatic rings. The molecule has 1 aliphatic carbocycles. The first-order valence-corrected chi connectivity index (χ1v) is 6.76. The minimum absolute atomic E-state index is 0. The molecule has 19 heavy (non-hydrogen) atoms. The standard InChI is InChI=1S/C14H19ClN2O.ClH/c1-9-5-11(7-12(15)6-9)14(18)17-13-4-2-3-10(13)8-16;/h5-7,10,13H,2-4,8,16H2,1H3,(H,17,18);1H. The molecule has 0 aromatic heterocycles. The Labute approximate surface area is 125 Å². The normalized spacial score (nSPS) is 21.8. The number of nitrogens with two attached hydrogens (primary N) is 1. The Balaban J connectivity index is 0.00000180. The first-order chi connectivity index (χ1) is 8.60. The summed E-state index contributed by atoms with van der Waals surface area (Å²) in [4.78, 5) is 12.2. The number of carbonyl (C=O) groups is 1. The molecule has 0 radical (unpaired) electrons. The van der Waals surface area contributed by atoms with Gasteiger partial charge in [0.2, 0.25) is 0 Å². The van der Waals surface area contributed by atoms with Crippen LogP contribution in [0.4, 0.5) is 0 Å². The van der Waals surface area contributed by atoms with Crippen molar-refractivity contribution in [1.29, 1.82) is 0 Å². The number of benzene rings is 1. The lowest BCUT2D eigenvalue weighted by molar-refractivity contribution is 0.0928. The Morgan fingerprint density at radius 2 is 2.16 bits per heavy atom. The van der Waals surface area contributed by atoms with Gasteiger partial charge in [-0.05, 0) is 56.0 Å². The van der Waals surface area contributed by atoms with E-state index in [-0.39, 0.29) is 24.4 Å².